The molecule has 202 valence electrons. The average Bonchev–Trinajstić information content (AvgIpc) is 3.62. The van der Waals surface area contributed by atoms with Gasteiger partial charge in [0.15, 0.2) is 11.0 Å². The number of nitrogens with zero attached hydrogens (tertiary/aromatic N) is 3. The number of amides is 1. The van der Waals surface area contributed by atoms with E-state index in [1.54, 1.807) is 11.8 Å². The molecule has 1 unspecified atom stereocenters. The summed E-state index contributed by atoms with van der Waals surface area (Å²) < 4.78 is 2.13. The van der Waals surface area contributed by atoms with Crippen LogP contribution in [0.15, 0.2) is 84.0 Å². The monoisotopic (exact) mass is 538 g/mol. The van der Waals surface area contributed by atoms with Crippen LogP contribution in [0, 0.1) is 19.8 Å². The highest BCUT2D eigenvalue weighted by Crippen LogP contribution is 2.31. The molecule has 4 aromatic rings. The molecule has 0 radical (unpaired) electrons. The Morgan fingerprint density at radius 1 is 0.923 bits per heavy atom. The number of aryl methyl sites for hydroxylation is 2. The Morgan fingerprint density at radius 2 is 1.67 bits per heavy atom. The smallest absolute Gasteiger partial charge is 0.220 e. The van der Waals surface area contributed by atoms with E-state index < -0.39 is 0 Å². The van der Waals surface area contributed by atoms with Gasteiger partial charge in [0.1, 0.15) is 0 Å². The number of carbonyl (C=O) groups is 1. The lowest BCUT2D eigenvalue weighted by Crippen LogP contribution is -2.32. The first-order valence-corrected chi connectivity index (χ1v) is 15.1. The first kappa shape index (κ1) is 27.2. The van der Waals surface area contributed by atoms with Crippen LogP contribution in [0.5, 0.6) is 0 Å². The predicted octanol–water partition coefficient (Wildman–Crippen LogP) is 7.55. The Balaban J connectivity index is 1.45. The molecule has 1 N–H and O–H groups in total. The van der Waals surface area contributed by atoms with Gasteiger partial charge in [-0.1, -0.05) is 115 Å². The normalized spacial score (nSPS) is 14.4. The third-order valence-electron chi connectivity index (χ3n) is 7.58. The molecule has 1 atom stereocenters. The van der Waals surface area contributed by atoms with Gasteiger partial charge in [0.2, 0.25) is 5.91 Å². The lowest BCUT2D eigenvalue weighted by atomic mass is 10.0. The van der Waals surface area contributed by atoms with E-state index >= 15 is 0 Å². The Bertz CT molecular complexity index is 1360. The Hall–Kier alpha value is -3.38. The van der Waals surface area contributed by atoms with Crippen LogP contribution < -0.4 is 5.32 Å². The number of nitrogens with one attached hydrogen (secondary N) is 1. The van der Waals surface area contributed by atoms with Crippen molar-refractivity contribution >= 4 is 17.7 Å². The number of hydrogen-bond donors (Lipinski definition) is 1. The molecule has 0 saturated heterocycles. The fraction of sp³-hybridized carbons (Fsp3) is 0.364. The van der Waals surface area contributed by atoms with Crippen molar-refractivity contribution in [1.29, 1.82) is 0 Å². The number of aromatic nitrogens is 3. The van der Waals surface area contributed by atoms with Crippen molar-refractivity contribution in [3.05, 3.63) is 107 Å². The molecular formula is C33H38N4OS. The Labute approximate surface area is 236 Å². The number of benzene rings is 3. The predicted molar refractivity (Wildman–Crippen MR) is 159 cm³/mol. The molecule has 5 rings (SSSR count). The molecule has 1 fully saturated rings. The second-order valence-corrected chi connectivity index (χ2v) is 11.7. The average molecular weight is 539 g/mol. The molecule has 1 aliphatic carbocycles. The first-order chi connectivity index (χ1) is 19.0. The number of carbonyl (C=O) groups excluding carboxylic acids is 1. The molecule has 6 heteroatoms. The van der Waals surface area contributed by atoms with Crippen LogP contribution in [0.3, 0.4) is 0 Å². The van der Waals surface area contributed by atoms with Crippen molar-refractivity contribution in [1.82, 2.24) is 20.1 Å². The summed E-state index contributed by atoms with van der Waals surface area (Å²) in [5.41, 5.74) is 5.86. The zero-order valence-corrected chi connectivity index (χ0v) is 23.8. The van der Waals surface area contributed by atoms with Crippen LogP contribution >= 0.6 is 11.8 Å². The molecule has 1 aromatic heterocycles. The lowest BCUT2D eigenvalue weighted by molar-refractivity contribution is -0.122. The highest BCUT2D eigenvalue weighted by Gasteiger charge is 2.25. The summed E-state index contributed by atoms with van der Waals surface area (Å²) in [6.45, 7) is 4.21. The largest absolute Gasteiger partial charge is 0.346 e. The van der Waals surface area contributed by atoms with Crippen LogP contribution in [0.4, 0.5) is 0 Å². The zero-order valence-electron chi connectivity index (χ0n) is 23.0. The quantitative estimate of drug-likeness (QED) is 0.200. The molecule has 0 spiro atoms. The van der Waals surface area contributed by atoms with Crippen LogP contribution in [0.25, 0.3) is 5.69 Å². The highest BCUT2D eigenvalue weighted by atomic mass is 32.2. The van der Waals surface area contributed by atoms with Gasteiger partial charge in [-0.2, -0.15) is 0 Å². The summed E-state index contributed by atoms with van der Waals surface area (Å²) in [6, 6.07) is 27.1. The molecule has 5 nitrogen and oxygen atoms in total. The van der Waals surface area contributed by atoms with Gasteiger partial charge in [-0.25, -0.2) is 0 Å². The molecule has 1 saturated carbocycles. The molecule has 39 heavy (non-hydrogen) atoms. The molecule has 1 heterocycles. The molecule has 3 aromatic carbocycles. The minimum Gasteiger partial charge on any atom is -0.346 e. The van der Waals surface area contributed by atoms with E-state index in [9.17, 15) is 4.79 Å². The molecule has 1 aliphatic rings. The summed E-state index contributed by atoms with van der Waals surface area (Å²) >= 11 is 1.68. The highest BCUT2D eigenvalue weighted by molar-refractivity contribution is 7.98. The summed E-state index contributed by atoms with van der Waals surface area (Å²) in [6.07, 6.45) is 7.28. The standard InChI is InChI=1S/C33H38N4OS/c1-24-15-18-29(19-16-24)37-32(35-36-33(37)39-23-28-14-8-9-25(2)21-28)30(22-27-12-4-3-5-13-27)34-31(38)20-17-26-10-6-7-11-26/h3-5,8-9,12-16,18-19,21,26,30H,6-7,10-11,17,20,22-23H2,1-2H3,(H,34,38). The van der Waals surface area contributed by atoms with Crippen LogP contribution in [-0.2, 0) is 17.0 Å². The van der Waals surface area contributed by atoms with E-state index in [-0.39, 0.29) is 11.9 Å². The second-order valence-electron chi connectivity index (χ2n) is 10.8. The topological polar surface area (TPSA) is 59.8 Å². The number of thioether (sulfide) groups is 1. The summed E-state index contributed by atoms with van der Waals surface area (Å²) in [7, 11) is 0. The van der Waals surface area contributed by atoms with E-state index in [0.29, 0.717) is 18.8 Å². The van der Waals surface area contributed by atoms with Crippen molar-refractivity contribution in [2.45, 2.75) is 75.7 Å². The summed E-state index contributed by atoms with van der Waals surface area (Å²) in [5, 5.41) is 13.5. The minimum absolute atomic E-state index is 0.0928. The third-order valence-corrected chi connectivity index (χ3v) is 8.59. The van der Waals surface area contributed by atoms with Crippen molar-refractivity contribution in [3.63, 3.8) is 0 Å². The maximum Gasteiger partial charge on any atom is 0.220 e. The molecule has 0 aliphatic heterocycles. The number of hydrogen-bond acceptors (Lipinski definition) is 4. The van der Waals surface area contributed by atoms with E-state index in [0.717, 1.165) is 34.4 Å². The van der Waals surface area contributed by atoms with Crippen molar-refractivity contribution in [2.75, 3.05) is 0 Å². The van der Waals surface area contributed by atoms with Crippen molar-refractivity contribution in [3.8, 4) is 5.69 Å². The summed E-state index contributed by atoms with van der Waals surface area (Å²) in [5.74, 6) is 2.34. The van der Waals surface area contributed by atoms with Gasteiger partial charge in [0.05, 0.1) is 6.04 Å². The molecule has 0 bridgehead atoms. The Kier molecular flexibility index (Phi) is 9.15. The van der Waals surface area contributed by atoms with Crippen LogP contribution in [-0.4, -0.2) is 20.7 Å². The Morgan fingerprint density at radius 3 is 2.41 bits per heavy atom. The van der Waals surface area contributed by atoms with Gasteiger partial charge in [0.25, 0.3) is 0 Å². The third kappa shape index (κ3) is 7.39. The van der Waals surface area contributed by atoms with Crippen molar-refractivity contribution < 1.29 is 4.79 Å². The van der Waals surface area contributed by atoms with E-state index in [2.05, 4.69) is 89.5 Å². The maximum absolute atomic E-state index is 13.2. The first-order valence-electron chi connectivity index (χ1n) is 14.1. The molecule has 1 amide bonds. The molecular weight excluding hydrogens is 500 g/mol. The maximum atomic E-state index is 13.2. The van der Waals surface area contributed by atoms with Gasteiger partial charge < -0.3 is 5.32 Å². The van der Waals surface area contributed by atoms with E-state index in [1.165, 1.54) is 42.4 Å². The van der Waals surface area contributed by atoms with Crippen LogP contribution in [0.2, 0.25) is 0 Å². The van der Waals surface area contributed by atoms with Gasteiger partial charge in [-0.05, 0) is 55.9 Å². The fourth-order valence-electron chi connectivity index (χ4n) is 5.44. The van der Waals surface area contributed by atoms with Gasteiger partial charge in [-0.3, -0.25) is 9.36 Å². The zero-order chi connectivity index (χ0) is 27.0. The number of rotatable bonds is 11. The van der Waals surface area contributed by atoms with E-state index in [4.69, 9.17) is 5.10 Å². The lowest BCUT2D eigenvalue weighted by Gasteiger charge is -2.21. The SMILES string of the molecule is Cc1ccc(-n2c(SCc3cccc(C)c3)nnc2C(Cc2ccccc2)NC(=O)CCC2CCCC2)cc1. The second kappa shape index (κ2) is 13.1. The summed E-state index contributed by atoms with van der Waals surface area (Å²) in [4.78, 5) is 13.2. The fourth-order valence-corrected chi connectivity index (χ4v) is 6.35. The van der Waals surface area contributed by atoms with Gasteiger partial charge >= 0.3 is 0 Å². The minimum atomic E-state index is -0.286. The van der Waals surface area contributed by atoms with Gasteiger partial charge in [-0.15, -0.1) is 10.2 Å². The van der Waals surface area contributed by atoms with Crippen LogP contribution in [0.1, 0.15) is 72.6 Å². The van der Waals surface area contributed by atoms with Crippen molar-refractivity contribution in [2.24, 2.45) is 5.92 Å². The van der Waals surface area contributed by atoms with E-state index in [1.807, 2.05) is 18.2 Å². The van der Waals surface area contributed by atoms with Gasteiger partial charge in [0, 0.05) is 17.9 Å².